The fraction of sp³-hybridized carbons (Fsp3) is 0.0667. The third kappa shape index (κ3) is 2.38. The first-order chi connectivity index (χ1) is 9.65. The van der Waals surface area contributed by atoms with Crippen molar-refractivity contribution in [2.24, 2.45) is 0 Å². The number of allylic oxidation sites excluding steroid dienone is 1. The fourth-order valence-electron chi connectivity index (χ4n) is 1.95. The number of aromatic nitrogens is 2. The Kier molecular flexibility index (Phi) is 3.17. The quantitative estimate of drug-likeness (QED) is 0.714. The number of halogens is 1. The summed E-state index contributed by atoms with van der Waals surface area (Å²) in [6.07, 6.45) is 1.66. The standard InChI is InChI=1S/C15H10BrN3O/c1-9-2-4-12-13(6-9)19-15(18-12)10(8-17)7-11-3-5-14(16)20-11/h2-7H,1H3,(H,18,19). The maximum Gasteiger partial charge on any atom is 0.169 e. The first-order valence-electron chi connectivity index (χ1n) is 5.99. The van der Waals surface area contributed by atoms with Crippen molar-refractivity contribution in [2.75, 3.05) is 0 Å². The number of H-pyrrole nitrogens is 1. The topological polar surface area (TPSA) is 65.6 Å². The molecule has 3 rings (SSSR count). The average molecular weight is 328 g/mol. The Morgan fingerprint density at radius 2 is 2.25 bits per heavy atom. The lowest BCUT2D eigenvalue weighted by molar-refractivity contribution is 0.532. The summed E-state index contributed by atoms with van der Waals surface area (Å²) in [6.45, 7) is 2.02. The smallest absolute Gasteiger partial charge is 0.169 e. The molecule has 2 heterocycles. The molecule has 2 aromatic heterocycles. The molecule has 0 atom stereocenters. The van der Waals surface area contributed by atoms with E-state index in [2.05, 4.69) is 32.0 Å². The van der Waals surface area contributed by atoms with Gasteiger partial charge in [0.05, 0.1) is 16.6 Å². The number of aromatic amines is 1. The van der Waals surface area contributed by atoms with Gasteiger partial charge < -0.3 is 9.40 Å². The molecule has 0 aliphatic rings. The Morgan fingerprint density at radius 1 is 1.40 bits per heavy atom. The van der Waals surface area contributed by atoms with Crippen molar-refractivity contribution < 1.29 is 4.42 Å². The van der Waals surface area contributed by atoms with Crippen molar-refractivity contribution in [3.63, 3.8) is 0 Å². The molecule has 0 aliphatic carbocycles. The Hall–Kier alpha value is -2.32. The molecule has 0 unspecified atom stereocenters. The van der Waals surface area contributed by atoms with Crippen LogP contribution in [0.1, 0.15) is 17.1 Å². The van der Waals surface area contributed by atoms with Crippen molar-refractivity contribution in [3.8, 4) is 6.07 Å². The van der Waals surface area contributed by atoms with Crippen LogP contribution in [-0.2, 0) is 0 Å². The lowest BCUT2D eigenvalue weighted by Gasteiger charge is -1.91. The van der Waals surface area contributed by atoms with Crippen LogP contribution in [0.3, 0.4) is 0 Å². The number of hydrogen-bond acceptors (Lipinski definition) is 3. The second-order valence-electron chi connectivity index (χ2n) is 4.42. The van der Waals surface area contributed by atoms with Crippen LogP contribution < -0.4 is 0 Å². The van der Waals surface area contributed by atoms with Crippen molar-refractivity contribution >= 4 is 38.6 Å². The van der Waals surface area contributed by atoms with Gasteiger partial charge in [-0.3, -0.25) is 0 Å². The van der Waals surface area contributed by atoms with E-state index >= 15 is 0 Å². The Balaban J connectivity index is 2.07. The first kappa shape index (κ1) is 12.7. The summed E-state index contributed by atoms with van der Waals surface area (Å²) in [5.74, 6) is 1.14. The number of nitrogens with zero attached hydrogens (tertiary/aromatic N) is 2. The van der Waals surface area contributed by atoms with E-state index in [1.165, 1.54) is 0 Å². The lowest BCUT2D eigenvalue weighted by Crippen LogP contribution is -1.83. The predicted molar refractivity (Wildman–Crippen MR) is 80.7 cm³/mol. The normalized spacial score (nSPS) is 11.8. The number of nitrogens with one attached hydrogen (secondary N) is 1. The molecule has 0 spiro atoms. The third-order valence-electron chi connectivity index (χ3n) is 2.89. The summed E-state index contributed by atoms with van der Waals surface area (Å²) in [7, 11) is 0. The van der Waals surface area contributed by atoms with Gasteiger partial charge in [0.1, 0.15) is 17.7 Å². The number of imidazole rings is 1. The van der Waals surface area contributed by atoms with E-state index in [1.54, 1.807) is 18.2 Å². The molecular formula is C15H10BrN3O. The minimum absolute atomic E-state index is 0.431. The second-order valence-corrected chi connectivity index (χ2v) is 5.20. The molecule has 1 aromatic carbocycles. The summed E-state index contributed by atoms with van der Waals surface area (Å²) in [5, 5.41) is 9.30. The van der Waals surface area contributed by atoms with Gasteiger partial charge in [-0.25, -0.2) is 4.98 Å². The molecule has 0 amide bonds. The molecule has 3 aromatic rings. The molecule has 98 valence electrons. The van der Waals surface area contributed by atoms with Gasteiger partial charge in [-0.2, -0.15) is 5.26 Å². The van der Waals surface area contributed by atoms with Gasteiger partial charge in [0.2, 0.25) is 0 Å². The Bertz CT molecular complexity index is 852. The second kappa shape index (κ2) is 4.99. The molecule has 20 heavy (non-hydrogen) atoms. The lowest BCUT2D eigenvalue weighted by atomic mass is 10.2. The largest absolute Gasteiger partial charge is 0.450 e. The van der Waals surface area contributed by atoms with Gasteiger partial charge in [0.25, 0.3) is 0 Å². The summed E-state index contributed by atoms with van der Waals surface area (Å²) >= 11 is 3.23. The highest BCUT2D eigenvalue weighted by Crippen LogP contribution is 2.22. The van der Waals surface area contributed by atoms with E-state index in [4.69, 9.17) is 4.42 Å². The van der Waals surface area contributed by atoms with E-state index < -0.39 is 0 Å². The van der Waals surface area contributed by atoms with E-state index in [-0.39, 0.29) is 0 Å². The number of aryl methyl sites for hydroxylation is 1. The molecule has 0 aliphatic heterocycles. The molecule has 1 N–H and O–H groups in total. The Labute approximate surface area is 123 Å². The van der Waals surface area contributed by atoms with Gasteiger partial charge >= 0.3 is 0 Å². The van der Waals surface area contributed by atoms with Crippen LogP contribution in [0.2, 0.25) is 0 Å². The highest BCUT2D eigenvalue weighted by atomic mass is 79.9. The average Bonchev–Trinajstić information content (AvgIpc) is 3.01. The van der Waals surface area contributed by atoms with Crippen LogP contribution in [0.4, 0.5) is 0 Å². The minimum Gasteiger partial charge on any atom is -0.450 e. The van der Waals surface area contributed by atoms with Crippen molar-refractivity contribution in [1.29, 1.82) is 5.26 Å². The molecule has 0 saturated heterocycles. The number of nitriles is 1. The number of furan rings is 1. The summed E-state index contributed by atoms with van der Waals surface area (Å²) in [5.41, 5.74) is 3.33. The summed E-state index contributed by atoms with van der Waals surface area (Å²) < 4.78 is 6.00. The van der Waals surface area contributed by atoms with Crippen LogP contribution in [-0.4, -0.2) is 9.97 Å². The third-order valence-corrected chi connectivity index (χ3v) is 3.32. The molecule has 0 fully saturated rings. The minimum atomic E-state index is 0.431. The van der Waals surface area contributed by atoms with Crippen LogP contribution >= 0.6 is 15.9 Å². The van der Waals surface area contributed by atoms with Crippen LogP contribution in [0.25, 0.3) is 22.7 Å². The van der Waals surface area contributed by atoms with E-state index in [0.29, 0.717) is 21.8 Å². The van der Waals surface area contributed by atoms with Gasteiger partial charge in [0, 0.05) is 6.08 Å². The number of benzene rings is 1. The van der Waals surface area contributed by atoms with Gasteiger partial charge in [0.15, 0.2) is 4.67 Å². The maximum absolute atomic E-state index is 9.30. The number of rotatable bonds is 2. The highest BCUT2D eigenvalue weighted by Gasteiger charge is 2.09. The molecule has 0 saturated carbocycles. The fourth-order valence-corrected chi connectivity index (χ4v) is 2.27. The van der Waals surface area contributed by atoms with E-state index in [9.17, 15) is 5.26 Å². The van der Waals surface area contributed by atoms with E-state index in [0.717, 1.165) is 16.6 Å². The maximum atomic E-state index is 9.30. The predicted octanol–water partition coefficient (Wildman–Crippen LogP) is 4.29. The van der Waals surface area contributed by atoms with Crippen molar-refractivity contribution in [3.05, 3.63) is 52.1 Å². The molecule has 4 nitrogen and oxygen atoms in total. The number of hydrogen-bond donors (Lipinski definition) is 1. The SMILES string of the molecule is Cc1ccc2nc(C(C#N)=Cc3ccc(Br)o3)[nH]c2c1. The summed E-state index contributed by atoms with van der Waals surface area (Å²) in [6, 6.07) is 11.6. The molecule has 0 radical (unpaired) electrons. The zero-order valence-electron chi connectivity index (χ0n) is 10.6. The van der Waals surface area contributed by atoms with Crippen molar-refractivity contribution in [1.82, 2.24) is 9.97 Å². The van der Waals surface area contributed by atoms with Gasteiger partial charge in [-0.15, -0.1) is 0 Å². The highest BCUT2D eigenvalue weighted by molar-refractivity contribution is 9.10. The first-order valence-corrected chi connectivity index (χ1v) is 6.79. The van der Waals surface area contributed by atoms with Crippen LogP contribution in [0.5, 0.6) is 0 Å². The number of fused-ring (bicyclic) bond motifs is 1. The van der Waals surface area contributed by atoms with Crippen molar-refractivity contribution in [2.45, 2.75) is 6.92 Å². The summed E-state index contributed by atoms with van der Waals surface area (Å²) in [4.78, 5) is 7.59. The zero-order chi connectivity index (χ0) is 14.1. The van der Waals surface area contributed by atoms with Gasteiger partial charge in [-0.05, 0) is 52.7 Å². The molecular weight excluding hydrogens is 318 g/mol. The Morgan fingerprint density at radius 3 is 2.95 bits per heavy atom. The monoisotopic (exact) mass is 327 g/mol. The van der Waals surface area contributed by atoms with Gasteiger partial charge in [-0.1, -0.05) is 6.07 Å². The van der Waals surface area contributed by atoms with Crippen LogP contribution in [0.15, 0.2) is 39.4 Å². The zero-order valence-corrected chi connectivity index (χ0v) is 12.2. The molecule has 0 bridgehead atoms. The van der Waals surface area contributed by atoms with E-state index in [1.807, 2.05) is 25.1 Å². The molecule has 5 heteroatoms. The van der Waals surface area contributed by atoms with Crippen LogP contribution in [0, 0.1) is 18.3 Å².